The topological polar surface area (TPSA) is 98.7 Å². The Kier molecular flexibility index (Phi) is 4.59. The van der Waals surface area contributed by atoms with Gasteiger partial charge in [0.15, 0.2) is 0 Å². The Morgan fingerprint density at radius 3 is 2.63 bits per heavy atom. The van der Waals surface area contributed by atoms with Crippen molar-refractivity contribution in [1.29, 1.82) is 0 Å². The van der Waals surface area contributed by atoms with E-state index in [1.807, 2.05) is 0 Å². The van der Waals surface area contributed by atoms with Crippen LogP contribution in [0.4, 0.5) is 10.1 Å². The molecular formula is C19H22FN3O4. The molecule has 1 saturated carbocycles. The fourth-order valence-corrected chi connectivity index (χ4v) is 4.08. The van der Waals surface area contributed by atoms with Crippen LogP contribution < -0.4 is 10.6 Å². The van der Waals surface area contributed by atoms with Gasteiger partial charge < -0.3 is 10.4 Å². The van der Waals surface area contributed by atoms with Crippen molar-refractivity contribution in [2.75, 3.05) is 18.4 Å². The van der Waals surface area contributed by atoms with Gasteiger partial charge in [-0.25, -0.2) is 4.39 Å². The number of rotatable bonds is 5. The molecule has 0 spiro atoms. The molecule has 0 unspecified atom stereocenters. The minimum Gasteiger partial charge on any atom is -0.481 e. The van der Waals surface area contributed by atoms with Gasteiger partial charge in [-0.05, 0) is 37.0 Å². The van der Waals surface area contributed by atoms with E-state index in [0.29, 0.717) is 36.6 Å². The molecule has 7 nitrogen and oxygen atoms in total. The molecule has 4 rings (SSSR count). The number of nitrogens with one attached hydrogen (secondary N) is 2. The zero-order valence-electron chi connectivity index (χ0n) is 14.8. The maximum Gasteiger partial charge on any atom is 0.306 e. The standard InChI is InChI=1S/C19H22FN3O4/c20-15-7-12(21-16-3-4-17(24)22-18(16)25)1-2-14(15)11-8-23(9-11)13-5-10(6-13)19(26)27/h1-2,7,10-11,13,16,21H,3-6,8-9H2,(H,26,27)(H,22,24,25)/t10?,13?,16-/m0/s1. The summed E-state index contributed by atoms with van der Waals surface area (Å²) in [7, 11) is 0. The molecule has 2 saturated heterocycles. The van der Waals surface area contributed by atoms with E-state index in [4.69, 9.17) is 5.11 Å². The number of hydrogen-bond acceptors (Lipinski definition) is 5. The van der Waals surface area contributed by atoms with Crippen LogP contribution in [0.3, 0.4) is 0 Å². The summed E-state index contributed by atoms with van der Waals surface area (Å²) in [5.41, 5.74) is 1.17. The van der Waals surface area contributed by atoms with Crippen molar-refractivity contribution in [3.05, 3.63) is 29.6 Å². The average molecular weight is 375 g/mol. The number of likely N-dealkylation sites (tertiary alicyclic amines) is 1. The van der Waals surface area contributed by atoms with Crippen molar-refractivity contribution >= 4 is 23.5 Å². The SMILES string of the molecule is O=C1CC[C@H](Nc2ccc(C3CN(C4CC(C(=O)O)C4)C3)c(F)c2)C(=O)N1. The number of carbonyl (C=O) groups excluding carboxylic acids is 2. The first-order valence-corrected chi connectivity index (χ1v) is 9.27. The summed E-state index contributed by atoms with van der Waals surface area (Å²) in [6.07, 6.45) is 2.02. The van der Waals surface area contributed by atoms with Crippen molar-refractivity contribution in [3.8, 4) is 0 Å². The third-order valence-corrected chi connectivity index (χ3v) is 5.91. The molecule has 3 N–H and O–H groups in total. The van der Waals surface area contributed by atoms with Crippen LogP contribution in [0.2, 0.25) is 0 Å². The Bertz CT molecular complexity index is 787. The monoisotopic (exact) mass is 375 g/mol. The van der Waals surface area contributed by atoms with Crippen LogP contribution in [-0.4, -0.2) is 53.0 Å². The zero-order chi connectivity index (χ0) is 19.1. The third kappa shape index (κ3) is 3.53. The number of carboxylic acid groups (broad SMARTS) is 1. The highest BCUT2D eigenvalue weighted by atomic mass is 19.1. The fourth-order valence-electron chi connectivity index (χ4n) is 4.08. The van der Waals surface area contributed by atoms with Gasteiger partial charge in [0, 0.05) is 37.2 Å². The van der Waals surface area contributed by atoms with Gasteiger partial charge in [-0.1, -0.05) is 6.07 Å². The minimum atomic E-state index is -0.728. The van der Waals surface area contributed by atoms with Gasteiger partial charge in [0.05, 0.1) is 5.92 Å². The van der Waals surface area contributed by atoms with Crippen molar-refractivity contribution in [3.63, 3.8) is 0 Å². The molecule has 1 atom stereocenters. The highest BCUT2D eigenvalue weighted by molar-refractivity contribution is 6.01. The van der Waals surface area contributed by atoms with E-state index in [-0.39, 0.29) is 35.9 Å². The predicted octanol–water partition coefficient (Wildman–Crippen LogP) is 1.31. The van der Waals surface area contributed by atoms with Crippen LogP contribution >= 0.6 is 0 Å². The highest BCUT2D eigenvalue weighted by Crippen LogP contribution is 2.39. The Hall–Kier alpha value is -2.48. The molecule has 0 bridgehead atoms. The second-order valence-electron chi connectivity index (χ2n) is 7.70. The lowest BCUT2D eigenvalue weighted by Gasteiger charge is -2.50. The first-order valence-electron chi connectivity index (χ1n) is 9.27. The number of benzene rings is 1. The summed E-state index contributed by atoms with van der Waals surface area (Å²) < 4.78 is 14.5. The van der Waals surface area contributed by atoms with Gasteiger partial charge in [0.1, 0.15) is 11.9 Å². The van der Waals surface area contributed by atoms with Crippen LogP contribution in [0.15, 0.2) is 18.2 Å². The van der Waals surface area contributed by atoms with E-state index in [1.165, 1.54) is 6.07 Å². The van der Waals surface area contributed by atoms with Gasteiger partial charge in [-0.2, -0.15) is 0 Å². The van der Waals surface area contributed by atoms with Crippen LogP contribution in [-0.2, 0) is 14.4 Å². The third-order valence-electron chi connectivity index (χ3n) is 5.91. The second kappa shape index (κ2) is 6.92. The lowest BCUT2D eigenvalue weighted by molar-refractivity contribution is -0.148. The van der Waals surface area contributed by atoms with E-state index in [1.54, 1.807) is 12.1 Å². The summed E-state index contributed by atoms with van der Waals surface area (Å²) >= 11 is 0. The summed E-state index contributed by atoms with van der Waals surface area (Å²) in [6.45, 7) is 1.49. The van der Waals surface area contributed by atoms with E-state index >= 15 is 0 Å². The maximum atomic E-state index is 14.5. The Balaban J connectivity index is 1.31. The van der Waals surface area contributed by atoms with Crippen molar-refractivity contribution in [2.24, 2.45) is 5.92 Å². The van der Waals surface area contributed by atoms with Crippen molar-refractivity contribution in [1.82, 2.24) is 10.2 Å². The number of halogens is 1. The van der Waals surface area contributed by atoms with Crippen LogP contribution in [0.5, 0.6) is 0 Å². The number of imide groups is 1. The molecule has 1 aromatic rings. The predicted molar refractivity (Wildman–Crippen MR) is 94.7 cm³/mol. The van der Waals surface area contributed by atoms with E-state index in [2.05, 4.69) is 15.5 Å². The maximum absolute atomic E-state index is 14.5. The van der Waals surface area contributed by atoms with E-state index in [0.717, 1.165) is 13.1 Å². The average Bonchev–Trinajstić information content (AvgIpc) is 2.51. The number of aliphatic carboxylic acids is 1. The number of piperidine rings is 1. The first-order chi connectivity index (χ1) is 12.9. The Morgan fingerprint density at radius 1 is 1.26 bits per heavy atom. The molecule has 3 fully saturated rings. The Labute approximate surface area is 155 Å². The van der Waals surface area contributed by atoms with Gasteiger partial charge in [-0.3, -0.25) is 24.6 Å². The number of carbonyl (C=O) groups is 3. The molecule has 2 amide bonds. The molecule has 0 aromatic heterocycles. The van der Waals surface area contributed by atoms with Crippen LogP contribution in [0, 0.1) is 11.7 Å². The number of hydrogen-bond donors (Lipinski definition) is 3. The second-order valence-corrected chi connectivity index (χ2v) is 7.70. The van der Waals surface area contributed by atoms with Crippen LogP contribution in [0.25, 0.3) is 0 Å². The summed E-state index contributed by atoms with van der Waals surface area (Å²) in [6, 6.07) is 4.67. The number of anilines is 1. The lowest BCUT2D eigenvalue weighted by Crippen LogP contribution is -2.56. The van der Waals surface area contributed by atoms with E-state index < -0.39 is 12.0 Å². The van der Waals surface area contributed by atoms with Crippen molar-refractivity contribution in [2.45, 2.75) is 43.7 Å². The quantitative estimate of drug-likeness (QED) is 0.671. The van der Waals surface area contributed by atoms with Gasteiger partial charge in [0.2, 0.25) is 11.8 Å². The smallest absolute Gasteiger partial charge is 0.306 e. The molecule has 2 heterocycles. The zero-order valence-corrected chi connectivity index (χ0v) is 14.8. The fraction of sp³-hybridized carbons (Fsp3) is 0.526. The number of nitrogens with zero attached hydrogens (tertiary/aromatic N) is 1. The molecule has 3 aliphatic rings. The minimum absolute atomic E-state index is 0.110. The largest absolute Gasteiger partial charge is 0.481 e. The summed E-state index contributed by atoms with van der Waals surface area (Å²) in [5, 5.41) is 14.2. The molecular weight excluding hydrogens is 353 g/mol. The molecule has 1 aromatic carbocycles. The molecule has 1 aliphatic carbocycles. The van der Waals surface area contributed by atoms with Gasteiger partial charge in [-0.15, -0.1) is 0 Å². The lowest BCUT2D eigenvalue weighted by atomic mass is 9.76. The summed E-state index contributed by atoms with van der Waals surface area (Å²) in [4.78, 5) is 36.1. The molecule has 2 aliphatic heterocycles. The van der Waals surface area contributed by atoms with Gasteiger partial charge >= 0.3 is 5.97 Å². The van der Waals surface area contributed by atoms with Gasteiger partial charge in [0.25, 0.3) is 0 Å². The first kappa shape index (κ1) is 17.9. The molecule has 0 radical (unpaired) electrons. The molecule has 27 heavy (non-hydrogen) atoms. The molecule has 144 valence electrons. The normalized spacial score (nSPS) is 28.9. The molecule has 8 heteroatoms. The summed E-state index contributed by atoms with van der Waals surface area (Å²) in [5.74, 6) is -1.83. The van der Waals surface area contributed by atoms with E-state index in [9.17, 15) is 18.8 Å². The highest BCUT2D eigenvalue weighted by Gasteiger charge is 2.43. The Morgan fingerprint density at radius 2 is 2.00 bits per heavy atom. The number of carboxylic acids is 1. The van der Waals surface area contributed by atoms with Crippen molar-refractivity contribution < 1.29 is 23.9 Å². The number of amides is 2. The van der Waals surface area contributed by atoms with Crippen LogP contribution in [0.1, 0.15) is 37.2 Å².